The van der Waals surface area contributed by atoms with E-state index < -0.39 is 6.10 Å². The molecule has 82 heavy (non-hydrogen) atoms. The summed E-state index contributed by atoms with van der Waals surface area (Å²) in [6.45, 7) is 6.42. The molecule has 0 aromatic heterocycles. The Bertz CT molecular complexity index is 1640. The van der Waals surface area contributed by atoms with Crippen molar-refractivity contribution in [1.29, 1.82) is 0 Å². The molecule has 6 heteroatoms. The maximum absolute atomic E-state index is 13.0. The first-order chi connectivity index (χ1) is 40.5. The van der Waals surface area contributed by atoms with E-state index >= 15 is 0 Å². The Kier molecular flexibility index (Phi) is 66.2. The van der Waals surface area contributed by atoms with Crippen molar-refractivity contribution in [2.24, 2.45) is 0 Å². The highest BCUT2D eigenvalue weighted by atomic mass is 16.6. The van der Waals surface area contributed by atoms with Gasteiger partial charge in [-0.3, -0.25) is 14.4 Å². The van der Waals surface area contributed by atoms with E-state index in [4.69, 9.17) is 14.2 Å². The molecule has 0 aromatic rings. The van der Waals surface area contributed by atoms with Gasteiger partial charge in [0, 0.05) is 19.3 Å². The van der Waals surface area contributed by atoms with Gasteiger partial charge in [-0.1, -0.05) is 304 Å². The summed E-state index contributed by atoms with van der Waals surface area (Å²) in [4.78, 5) is 38.4. The lowest BCUT2D eigenvalue weighted by atomic mass is 10.0. The highest BCUT2D eigenvalue weighted by molar-refractivity contribution is 5.71. The molecule has 0 aliphatic carbocycles. The predicted octanol–water partition coefficient (Wildman–Crippen LogP) is 24.2. The van der Waals surface area contributed by atoms with E-state index in [-0.39, 0.29) is 31.1 Å². The molecule has 0 radical (unpaired) electrons. The largest absolute Gasteiger partial charge is 0.462 e. The number of unbranched alkanes of at least 4 members (excludes halogenated alkanes) is 34. The normalized spacial score (nSPS) is 12.8. The molecule has 0 aromatic carbocycles. The first-order valence-corrected chi connectivity index (χ1v) is 34.9. The molecule has 0 saturated carbocycles. The molecule has 0 amide bonds. The zero-order valence-electron chi connectivity index (χ0n) is 54.0. The minimum absolute atomic E-state index is 0.0797. The second kappa shape index (κ2) is 69.6. The highest BCUT2D eigenvalue weighted by Gasteiger charge is 2.19. The van der Waals surface area contributed by atoms with E-state index in [0.717, 1.165) is 116 Å². The summed E-state index contributed by atoms with van der Waals surface area (Å²) < 4.78 is 17.0. The van der Waals surface area contributed by atoms with Crippen molar-refractivity contribution in [2.75, 3.05) is 13.2 Å². The van der Waals surface area contributed by atoms with E-state index in [1.165, 1.54) is 180 Å². The summed E-state index contributed by atoms with van der Waals surface area (Å²) in [5, 5.41) is 0. The van der Waals surface area contributed by atoms with Crippen LogP contribution in [0.25, 0.3) is 0 Å². The molecular formula is C76H130O6. The molecule has 0 aliphatic rings. The molecule has 1 atom stereocenters. The van der Waals surface area contributed by atoms with Crippen LogP contribution in [0, 0.1) is 0 Å². The third-order valence-electron chi connectivity index (χ3n) is 15.0. The summed E-state index contributed by atoms with van der Waals surface area (Å²) in [6, 6.07) is 0. The van der Waals surface area contributed by atoms with Gasteiger partial charge >= 0.3 is 17.9 Å². The number of carbonyl (C=O) groups is 3. The lowest BCUT2D eigenvalue weighted by Gasteiger charge is -2.18. The van der Waals surface area contributed by atoms with Gasteiger partial charge in [-0.25, -0.2) is 0 Å². The lowest BCUT2D eigenvalue weighted by molar-refractivity contribution is -0.167. The summed E-state index contributed by atoms with van der Waals surface area (Å²) in [5.74, 6) is -0.879. The van der Waals surface area contributed by atoms with Crippen LogP contribution in [0.2, 0.25) is 0 Å². The fourth-order valence-corrected chi connectivity index (χ4v) is 9.83. The number of allylic oxidation sites excluding steroid dienone is 18. The van der Waals surface area contributed by atoms with Crippen LogP contribution in [0.1, 0.15) is 335 Å². The Balaban J connectivity index is 4.25. The van der Waals surface area contributed by atoms with Crippen molar-refractivity contribution < 1.29 is 28.6 Å². The van der Waals surface area contributed by atoms with Gasteiger partial charge in [-0.15, -0.1) is 0 Å². The number of carbonyl (C=O) groups excluding carboxylic acids is 3. The summed E-state index contributed by atoms with van der Waals surface area (Å²) >= 11 is 0. The van der Waals surface area contributed by atoms with Gasteiger partial charge in [0.15, 0.2) is 6.10 Å². The molecule has 0 bridgehead atoms. The molecule has 0 aliphatic heterocycles. The number of hydrogen-bond acceptors (Lipinski definition) is 6. The van der Waals surface area contributed by atoms with Crippen LogP contribution in [0.4, 0.5) is 0 Å². The third-order valence-corrected chi connectivity index (χ3v) is 15.0. The van der Waals surface area contributed by atoms with E-state index in [1.807, 2.05) is 0 Å². The number of hydrogen-bond donors (Lipinski definition) is 0. The van der Waals surface area contributed by atoms with E-state index in [0.29, 0.717) is 19.3 Å². The topological polar surface area (TPSA) is 78.9 Å². The molecule has 6 nitrogen and oxygen atoms in total. The first kappa shape index (κ1) is 78.1. The predicted molar refractivity (Wildman–Crippen MR) is 357 cm³/mol. The SMILES string of the molecule is CC/C=C\C/C=C\C/C=C\C/C=C\CCCCCCCCCCCCCCCCC(=O)OCC(COC(=O)CCCCCCC/C=C\CCCCC)OC(=O)CCCCCCCCCCCCCC/C=C\C/C=C\C/C=C\C/C=C\CC. The summed E-state index contributed by atoms with van der Waals surface area (Å²) in [7, 11) is 0. The molecular weight excluding hydrogens is 1010 g/mol. The van der Waals surface area contributed by atoms with Crippen molar-refractivity contribution in [3.63, 3.8) is 0 Å². The van der Waals surface area contributed by atoms with Crippen molar-refractivity contribution in [3.05, 3.63) is 109 Å². The van der Waals surface area contributed by atoms with Gasteiger partial charge in [-0.05, 0) is 122 Å². The number of ether oxygens (including phenoxy) is 3. The fourth-order valence-electron chi connectivity index (χ4n) is 9.83. The van der Waals surface area contributed by atoms with E-state index in [9.17, 15) is 14.4 Å². The molecule has 0 rings (SSSR count). The lowest BCUT2D eigenvalue weighted by Crippen LogP contribution is -2.30. The van der Waals surface area contributed by atoms with Crippen molar-refractivity contribution in [3.8, 4) is 0 Å². The zero-order valence-corrected chi connectivity index (χ0v) is 54.0. The standard InChI is InChI=1S/C76H130O6/c1-4-7-10-13-16-19-22-25-27-29-31-33-35-37-38-40-41-43-45-47-49-51-54-57-60-63-66-69-75(78)81-72-73(71-80-74(77)68-65-62-59-56-53-24-21-18-15-12-9-6-3)82-76(79)70-67-64-61-58-55-52-50-48-46-44-42-39-36-34-32-30-28-26-23-20-17-14-11-8-5-2/h7-8,10-11,16-21,25-28,31-34,73H,4-6,9,12-15,22-24,29-30,35-72H2,1-3H3/b10-7-,11-8-,19-16-,20-17-,21-18-,27-25-,28-26-,33-31-,34-32-. The second-order valence-electron chi connectivity index (χ2n) is 23.0. The highest BCUT2D eigenvalue weighted by Crippen LogP contribution is 2.17. The van der Waals surface area contributed by atoms with Crippen molar-refractivity contribution in [2.45, 2.75) is 341 Å². The average molecular weight is 1140 g/mol. The number of esters is 3. The molecule has 0 N–H and O–H groups in total. The molecule has 0 heterocycles. The minimum atomic E-state index is -0.784. The van der Waals surface area contributed by atoms with Gasteiger partial charge in [-0.2, -0.15) is 0 Å². The molecule has 0 fully saturated rings. The second-order valence-corrected chi connectivity index (χ2v) is 23.0. The Morgan fingerprint density at radius 2 is 0.476 bits per heavy atom. The maximum atomic E-state index is 13.0. The van der Waals surface area contributed by atoms with Gasteiger partial charge in [0.2, 0.25) is 0 Å². The van der Waals surface area contributed by atoms with Crippen LogP contribution >= 0.6 is 0 Å². The Morgan fingerprint density at radius 3 is 0.756 bits per heavy atom. The van der Waals surface area contributed by atoms with Gasteiger partial charge in [0.25, 0.3) is 0 Å². The number of rotatable bonds is 63. The molecule has 470 valence electrons. The van der Waals surface area contributed by atoms with Gasteiger partial charge < -0.3 is 14.2 Å². The molecule has 1 unspecified atom stereocenters. The van der Waals surface area contributed by atoms with Crippen LogP contribution in [0.3, 0.4) is 0 Å². The van der Waals surface area contributed by atoms with Crippen molar-refractivity contribution >= 4 is 17.9 Å². The fraction of sp³-hybridized carbons (Fsp3) is 0.724. The van der Waals surface area contributed by atoms with Crippen LogP contribution in [-0.2, 0) is 28.6 Å². The molecule has 0 saturated heterocycles. The zero-order chi connectivity index (χ0) is 59.2. The summed E-state index contributed by atoms with van der Waals surface area (Å²) in [6.07, 6.45) is 95.4. The quantitative estimate of drug-likeness (QED) is 0.0261. The Morgan fingerprint density at radius 1 is 0.256 bits per heavy atom. The first-order valence-electron chi connectivity index (χ1n) is 34.9. The summed E-state index contributed by atoms with van der Waals surface area (Å²) in [5.41, 5.74) is 0. The van der Waals surface area contributed by atoms with E-state index in [2.05, 4.69) is 130 Å². The Labute approximate surface area is 508 Å². The van der Waals surface area contributed by atoms with Crippen LogP contribution in [-0.4, -0.2) is 37.2 Å². The average Bonchev–Trinajstić information content (AvgIpc) is 3.47. The van der Waals surface area contributed by atoms with Crippen LogP contribution < -0.4 is 0 Å². The van der Waals surface area contributed by atoms with Crippen molar-refractivity contribution in [1.82, 2.24) is 0 Å². The third kappa shape index (κ3) is 66.9. The Hall–Kier alpha value is -3.93. The smallest absolute Gasteiger partial charge is 0.306 e. The van der Waals surface area contributed by atoms with Crippen LogP contribution in [0.15, 0.2) is 109 Å². The van der Waals surface area contributed by atoms with E-state index in [1.54, 1.807) is 0 Å². The van der Waals surface area contributed by atoms with Crippen LogP contribution in [0.5, 0.6) is 0 Å². The van der Waals surface area contributed by atoms with Gasteiger partial charge in [0.05, 0.1) is 0 Å². The van der Waals surface area contributed by atoms with Gasteiger partial charge in [0.1, 0.15) is 13.2 Å². The maximum Gasteiger partial charge on any atom is 0.306 e. The monoisotopic (exact) mass is 1140 g/mol. The minimum Gasteiger partial charge on any atom is -0.462 e. The molecule has 0 spiro atoms.